The van der Waals surface area contributed by atoms with Gasteiger partial charge in [0.1, 0.15) is 6.61 Å². The fourth-order valence-electron chi connectivity index (χ4n) is 2.62. The Hall–Kier alpha value is -1.55. The number of nitrogen functional groups attached to an aromatic ring is 1. The van der Waals surface area contributed by atoms with Gasteiger partial charge in [0.25, 0.3) is 0 Å². The van der Waals surface area contributed by atoms with Crippen molar-refractivity contribution < 1.29 is 9.53 Å². The number of nitrogens with zero attached hydrogens (tertiary/aromatic N) is 1. The number of ether oxygens (including phenoxy) is 1. The quantitative estimate of drug-likeness (QED) is 0.407. The van der Waals surface area contributed by atoms with Gasteiger partial charge in [-0.05, 0) is 43.8 Å². The highest BCUT2D eigenvalue weighted by atomic mass is 16.5. The Labute approximate surface area is 134 Å². The molecule has 4 nitrogen and oxygen atoms in total. The molecule has 0 spiro atoms. The third-order valence-corrected chi connectivity index (χ3v) is 4.02. The Balaban J connectivity index is 2.57. The van der Waals surface area contributed by atoms with Crippen molar-refractivity contribution in [3.63, 3.8) is 0 Å². The molecule has 22 heavy (non-hydrogen) atoms. The second kappa shape index (κ2) is 10.2. The highest BCUT2D eigenvalue weighted by Crippen LogP contribution is 2.13. The van der Waals surface area contributed by atoms with Crippen molar-refractivity contribution in [1.29, 1.82) is 0 Å². The molecule has 1 aromatic rings. The minimum atomic E-state index is -0.271. The Kier molecular flexibility index (Phi) is 8.60. The average Bonchev–Trinajstić information content (AvgIpc) is 2.53. The minimum absolute atomic E-state index is 0.271. The predicted octanol–water partition coefficient (Wildman–Crippen LogP) is 3.72. The highest BCUT2D eigenvalue weighted by Gasteiger charge is 2.18. The molecule has 0 heterocycles. The fraction of sp³-hybridized carbons (Fsp3) is 0.611. The number of hydrogen-bond donors (Lipinski definition) is 1. The van der Waals surface area contributed by atoms with Gasteiger partial charge < -0.3 is 10.5 Å². The van der Waals surface area contributed by atoms with Crippen molar-refractivity contribution in [2.24, 2.45) is 0 Å². The summed E-state index contributed by atoms with van der Waals surface area (Å²) in [6, 6.07) is 7.17. The topological polar surface area (TPSA) is 55.6 Å². The van der Waals surface area contributed by atoms with Crippen LogP contribution in [0.5, 0.6) is 0 Å². The Bertz CT molecular complexity index is 427. The smallest absolute Gasteiger partial charge is 0.338 e. The summed E-state index contributed by atoms with van der Waals surface area (Å²) in [6.45, 7) is 8.91. The predicted molar refractivity (Wildman–Crippen MR) is 92.0 cm³/mol. The highest BCUT2D eigenvalue weighted by molar-refractivity contribution is 5.89. The van der Waals surface area contributed by atoms with E-state index in [1.807, 2.05) is 0 Å². The van der Waals surface area contributed by atoms with Crippen LogP contribution in [0.1, 0.15) is 56.8 Å². The molecular formula is C18H30N2O2. The van der Waals surface area contributed by atoms with Crippen LogP contribution in [0.4, 0.5) is 5.69 Å². The molecule has 0 fully saturated rings. The molecule has 1 rings (SSSR count). The SMILES string of the molecule is CCCCCC(COC(=O)c1ccc(N)cc1)N(CC)CC. The van der Waals surface area contributed by atoms with E-state index in [1.165, 1.54) is 19.3 Å². The van der Waals surface area contributed by atoms with E-state index < -0.39 is 0 Å². The third kappa shape index (κ3) is 6.06. The molecule has 0 amide bonds. The van der Waals surface area contributed by atoms with E-state index in [-0.39, 0.29) is 5.97 Å². The molecule has 0 radical (unpaired) electrons. The number of hydrogen-bond acceptors (Lipinski definition) is 4. The van der Waals surface area contributed by atoms with Gasteiger partial charge in [0.15, 0.2) is 0 Å². The first-order valence-electron chi connectivity index (χ1n) is 8.39. The van der Waals surface area contributed by atoms with Crippen molar-refractivity contribution in [2.45, 2.75) is 52.5 Å². The van der Waals surface area contributed by atoms with E-state index in [4.69, 9.17) is 10.5 Å². The van der Waals surface area contributed by atoms with Crippen LogP contribution in [0, 0.1) is 0 Å². The van der Waals surface area contributed by atoms with Crippen LogP contribution in [0.25, 0.3) is 0 Å². The lowest BCUT2D eigenvalue weighted by atomic mass is 10.1. The molecule has 0 bridgehead atoms. The van der Waals surface area contributed by atoms with Crippen molar-refractivity contribution in [2.75, 3.05) is 25.4 Å². The van der Waals surface area contributed by atoms with E-state index in [1.54, 1.807) is 24.3 Å². The van der Waals surface area contributed by atoms with E-state index in [0.717, 1.165) is 19.5 Å². The zero-order valence-electron chi connectivity index (χ0n) is 14.2. The van der Waals surface area contributed by atoms with Crippen LogP contribution in [-0.2, 0) is 4.74 Å². The number of likely N-dealkylation sites (N-methyl/N-ethyl adjacent to an activating group) is 1. The van der Waals surface area contributed by atoms with Crippen LogP contribution in [0.2, 0.25) is 0 Å². The molecule has 1 atom stereocenters. The number of esters is 1. The third-order valence-electron chi connectivity index (χ3n) is 4.02. The molecule has 0 aliphatic carbocycles. The van der Waals surface area contributed by atoms with Gasteiger partial charge in [-0.3, -0.25) is 4.90 Å². The first kappa shape index (κ1) is 18.5. The van der Waals surface area contributed by atoms with Gasteiger partial charge in [-0.2, -0.15) is 0 Å². The van der Waals surface area contributed by atoms with Crippen molar-refractivity contribution in [3.8, 4) is 0 Å². The summed E-state index contributed by atoms with van der Waals surface area (Å²) in [5.41, 5.74) is 6.84. The van der Waals surface area contributed by atoms with E-state index in [9.17, 15) is 4.79 Å². The number of rotatable bonds is 10. The maximum atomic E-state index is 12.1. The van der Waals surface area contributed by atoms with Crippen LogP contribution >= 0.6 is 0 Å². The molecule has 4 heteroatoms. The summed E-state index contributed by atoms with van der Waals surface area (Å²) in [6.07, 6.45) is 4.68. The van der Waals surface area contributed by atoms with Crippen molar-refractivity contribution >= 4 is 11.7 Å². The first-order valence-corrected chi connectivity index (χ1v) is 8.39. The maximum absolute atomic E-state index is 12.1. The summed E-state index contributed by atoms with van der Waals surface area (Å²) in [4.78, 5) is 14.5. The lowest BCUT2D eigenvalue weighted by Crippen LogP contribution is -2.39. The van der Waals surface area contributed by atoms with Crippen molar-refractivity contribution in [3.05, 3.63) is 29.8 Å². The Morgan fingerprint density at radius 1 is 1.14 bits per heavy atom. The lowest BCUT2D eigenvalue weighted by Gasteiger charge is -2.29. The van der Waals surface area contributed by atoms with Crippen LogP contribution < -0.4 is 5.73 Å². The molecule has 0 aliphatic rings. The molecular weight excluding hydrogens is 276 g/mol. The number of benzene rings is 1. The summed E-state index contributed by atoms with van der Waals surface area (Å²) in [5, 5.41) is 0. The fourth-order valence-corrected chi connectivity index (χ4v) is 2.62. The Morgan fingerprint density at radius 2 is 1.77 bits per heavy atom. The second-order valence-corrected chi connectivity index (χ2v) is 5.59. The van der Waals surface area contributed by atoms with E-state index >= 15 is 0 Å². The normalized spacial score (nSPS) is 12.4. The second-order valence-electron chi connectivity index (χ2n) is 5.59. The standard InChI is InChI=1S/C18H30N2O2/c1-4-7-8-9-17(20(5-2)6-3)14-22-18(21)15-10-12-16(19)13-11-15/h10-13,17H,4-9,14,19H2,1-3H3. The summed E-state index contributed by atoms with van der Waals surface area (Å²) >= 11 is 0. The number of anilines is 1. The van der Waals surface area contributed by atoms with Gasteiger partial charge in [-0.1, -0.05) is 40.0 Å². The zero-order chi connectivity index (χ0) is 16.4. The van der Waals surface area contributed by atoms with Gasteiger partial charge in [-0.25, -0.2) is 4.79 Å². The van der Waals surface area contributed by atoms with Gasteiger partial charge in [-0.15, -0.1) is 0 Å². The minimum Gasteiger partial charge on any atom is -0.460 e. The van der Waals surface area contributed by atoms with Crippen LogP contribution in [0.15, 0.2) is 24.3 Å². The summed E-state index contributed by atoms with van der Waals surface area (Å²) in [7, 11) is 0. The van der Waals surface area contributed by atoms with E-state index in [2.05, 4.69) is 25.7 Å². The molecule has 1 aromatic carbocycles. The molecule has 124 valence electrons. The molecule has 1 unspecified atom stereocenters. The van der Waals surface area contributed by atoms with Crippen LogP contribution in [0.3, 0.4) is 0 Å². The molecule has 2 N–H and O–H groups in total. The van der Waals surface area contributed by atoms with Gasteiger partial charge in [0.2, 0.25) is 0 Å². The van der Waals surface area contributed by atoms with Gasteiger partial charge in [0.05, 0.1) is 5.56 Å². The summed E-state index contributed by atoms with van der Waals surface area (Å²) in [5.74, 6) is -0.271. The molecule has 0 saturated carbocycles. The molecule has 0 aromatic heterocycles. The van der Waals surface area contributed by atoms with Crippen molar-refractivity contribution in [1.82, 2.24) is 4.90 Å². The molecule has 0 saturated heterocycles. The first-order chi connectivity index (χ1) is 10.6. The van der Waals surface area contributed by atoms with E-state index in [0.29, 0.717) is 23.9 Å². The zero-order valence-corrected chi connectivity index (χ0v) is 14.2. The number of nitrogens with two attached hydrogens (primary N) is 1. The Morgan fingerprint density at radius 3 is 2.32 bits per heavy atom. The monoisotopic (exact) mass is 306 g/mol. The van der Waals surface area contributed by atoms with Crippen LogP contribution in [-0.4, -0.2) is 36.6 Å². The van der Waals surface area contributed by atoms with Gasteiger partial charge >= 0.3 is 5.97 Å². The lowest BCUT2D eigenvalue weighted by molar-refractivity contribution is 0.0345. The van der Waals surface area contributed by atoms with Gasteiger partial charge in [0, 0.05) is 11.7 Å². The molecule has 0 aliphatic heterocycles. The number of unbranched alkanes of at least 4 members (excludes halogenated alkanes) is 2. The number of carbonyl (C=O) groups is 1. The summed E-state index contributed by atoms with van der Waals surface area (Å²) < 4.78 is 5.52. The average molecular weight is 306 g/mol. The largest absolute Gasteiger partial charge is 0.460 e. The maximum Gasteiger partial charge on any atom is 0.338 e. The number of carbonyl (C=O) groups excluding carboxylic acids is 1.